The van der Waals surface area contributed by atoms with Crippen molar-refractivity contribution < 1.29 is 4.79 Å². The van der Waals surface area contributed by atoms with E-state index in [9.17, 15) is 10.1 Å². The van der Waals surface area contributed by atoms with Crippen LogP contribution in [0.15, 0.2) is 42.7 Å². The van der Waals surface area contributed by atoms with Crippen molar-refractivity contribution in [2.24, 2.45) is 5.41 Å². The second-order valence-electron chi connectivity index (χ2n) is 7.82. The van der Waals surface area contributed by atoms with Crippen molar-refractivity contribution in [3.05, 3.63) is 53.9 Å². The van der Waals surface area contributed by atoms with Crippen LogP contribution in [-0.4, -0.2) is 46.7 Å². The zero-order chi connectivity index (χ0) is 19.8. The minimum absolute atomic E-state index is 0.330. The lowest BCUT2D eigenvalue weighted by Gasteiger charge is -2.24. The Bertz CT molecular complexity index is 1130. The Labute approximate surface area is 168 Å². The monoisotopic (exact) mass is 387 g/mol. The standard InChI is InChI=1S/C21H21N7O/c22-11-15-3-1-2-4-17(15)25-20(29)16-12-24-28-9-5-18(26-19(16)28)27-10-8-23-13-21(14-27)6-7-21/h1-5,9,12,23H,6-8,10,13-14H2,(H,25,29). The van der Waals surface area contributed by atoms with Crippen molar-refractivity contribution in [3.63, 3.8) is 0 Å². The molecule has 1 amide bonds. The van der Waals surface area contributed by atoms with Gasteiger partial charge < -0.3 is 15.5 Å². The average molecular weight is 387 g/mol. The van der Waals surface area contributed by atoms with E-state index in [4.69, 9.17) is 4.98 Å². The van der Waals surface area contributed by atoms with Gasteiger partial charge in [0.15, 0.2) is 5.65 Å². The van der Waals surface area contributed by atoms with Gasteiger partial charge in [-0.15, -0.1) is 0 Å². The van der Waals surface area contributed by atoms with E-state index < -0.39 is 0 Å². The van der Waals surface area contributed by atoms with Crippen LogP contribution in [0.5, 0.6) is 0 Å². The normalized spacial score (nSPS) is 17.7. The second-order valence-corrected chi connectivity index (χ2v) is 7.82. The molecule has 1 aliphatic carbocycles. The highest BCUT2D eigenvalue weighted by Crippen LogP contribution is 2.46. The van der Waals surface area contributed by atoms with Crippen molar-refractivity contribution in [2.75, 3.05) is 36.4 Å². The maximum absolute atomic E-state index is 12.9. The lowest BCUT2D eigenvalue weighted by atomic mass is 10.1. The number of hydrogen-bond acceptors (Lipinski definition) is 6. The molecule has 1 saturated carbocycles. The molecule has 8 nitrogen and oxygen atoms in total. The number of para-hydroxylation sites is 1. The number of carbonyl (C=O) groups excluding carboxylic acids is 1. The predicted octanol–water partition coefficient (Wildman–Crippen LogP) is 2.04. The molecule has 0 unspecified atom stereocenters. The zero-order valence-electron chi connectivity index (χ0n) is 15.9. The summed E-state index contributed by atoms with van der Waals surface area (Å²) in [6.45, 7) is 3.85. The van der Waals surface area contributed by atoms with E-state index in [0.29, 0.717) is 27.9 Å². The topological polar surface area (TPSA) is 98.3 Å². The van der Waals surface area contributed by atoms with Gasteiger partial charge in [-0.25, -0.2) is 9.50 Å². The molecule has 146 valence electrons. The largest absolute Gasteiger partial charge is 0.355 e. The molecular weight excluding hydrogens is 366 g/mol. The Morgan fingerprint density at radius 1 is 1.28 bits per heavy atom. The van der Waals surface area contributed by atoms with Crippen LogP contribution in [0.2, 0.25) is 0 Å². The first-order valence-electron chi connectivity index (χ1n) is 9.78. The van der Waals surface area contributed by atoms with E-state index in [2.05, 4.69) is 26.7 Å². The highest BCUT2D eigenvalue weighted by atomic mass is 16.1. The number of carbonyl (C=O) groups is 1. The summed E-state index contributed by atoms with van der Waals surface area (Å²) in [7, 11) is 0. The number of aromatic nitrogens is 3. The third-order valence-electron chi connectivity index (χ3n) is 5.76. The quantitative estimate of drug-likeness (QED) is 0.714. The molecular formula is C21H21N7O. The average Bonchev–Trinajstić information content (AvgIpc) is 3.44. The van der Waals surface area contributed by atoms with Crippen molar-refractivity contribution in [1.29, 1.82) is 5.26 Å². The first-order valence-corrected chi connectivity index (χ1v) is 9.78. The van der Waals surface area contributed by atoms with E-state index in [1.165, 1.54) is 19.0 Å². The summed E-state index contributed by atoms with van der Waals surface area (Å²) >= 11 is 0. The number of fused-ring (bicyclic) bond motifs is 1. The summed E-state index contributed by atoms with van der Waals surface area (Å²) in [6, 6.07) is 11.0. The van der Waals surface area contributed by atoms with E-state index in [-0.39, 0.29) is 5.91 Å². The van der Waals surface area contributed by atoms with Gasteiger partial charge in [0.1, 0.15) is 17.5 Å². The molecule has 8 heteroatoms. The van der Waals surface area contributed by atoms with Crippen LogP contribution in [0.1, 0.15) is 28.8 Å². The first-order chi connectivity index (χ1) is 14.2. The molecule has 2 fully saturated rings. The Morgan fingerprint density at radius 2 is 2.14 bits per heavy atom. The van der Waals surface area contributed by atoms with Gasteiger partial charge in [-0.1, -0.05) is 12.1 Å². The molecule has 0 radical (unpaired) electrons. The Hall–Kier alpha value is -3.44. The minimum Gasteiger partial charge on any atom is -0.355 e. The van der Waals surface area contributed by atoms with Crippen molar-refractivity contribution in [2.45, 2.75) is 12.8 Å². The molecule has 2 aromatic heterocycles. The van der Waals surface area contributed by atoms with E-state index >= 15 is 0 Å². The van der Waals surface area contributed by atoms with Gasteiger partial charge in [-0.2, -0.15) is 10.4 Å². The summed E-state index contributed by atoms with van der Waals surface area (Å²) < 4.78 is 1.61. The van der Waals surface area contributed by atoms with Crippen molar-refractivity contribution >= 4 is 23.1 Å². The van der Waals surface area contributed by atoms with Crippen LogP contribution in [0.4, 0.5) is 11.5 Å². The molecule has 0 bridgehead atoms. The van der Waals surface area contributed by atoms with Gasteiger partial charge in [0.25, 0.3) is 5.91 Å². The molecule has 2 aliphatic rings. The number of anilines is 2. The number of nitrogens with zero attached hydrogens (tertiary/aromatic N) is 5. The van der Waals surface area contributed by atoms with Gasteiger partial charge in [0, 0.05) is 37.8 Å². The fourth-order valence-corrected chi connectivity index (χ4v) is 3.89. The van der Waals surface area contributed by atoms with Crippen LogP contribution in [-0.2, 0) is 0 Å². The van der Waals surface area contributed by atoms with Crippen molar-refractivity contribution in [3.8, 4) is 6.07 Å². The van der Waals surface area contributed by atoms with Crippen LogP contribution in [0, 0.1) is 16.7 Å². The third kappa shape index (κ3) is 3.30. The summed E-state index contributed by atoms with van der Waals surface area (Å²) in [4.78, 5) is 19.9. The highest BCUT2D eigenvalue weighted by Gasteiger charge is 2.44. The van der Waals surface area contributed by atoms with Crippen LogP contribution < -0.4 is 15.5 Å². The second kappa shape index (κ2) is 6.87. The fourth-order valence-electron chi connectivity index (χ4n) is 3.89. The molecule has 3 aromatic rings. The van der Waals surface area contributed by atoms with E-state index in [0.717, 1.165) is 32.0 Å². The van der Waals surface area contributed by atoms with Gasteiger partial charge in [-0.3, -0.25) is 4.79 Å². The van der Waals surface area contributed by atoms with Crippen molar-refractivity contribution in [1.82, 2.24) is 19.9 Å². The molecule has 0 atom stereocenters. The molecule has 1 spiro atoms. The SMILES string of the molecule is N#Cc1ccccc1NC(=O)c1cnn2ccc(N3CCNCC4(CC4)C3)nc12. The summed E-state index contributed by atoms with van der Waals surface area (Å²) in [5, 5.41) is 19.8. The summed E-state index contributed by atoms with van der Waals surface area (Å²) in [5.41, 5.74) is 2.15. The van der Waals surface area contributed by atoms with E-state index in [1.54, 1.807) is 28.8 Å². The van der Waals surface area contributed by atoms with E-state index in [1.807, 2.05) is 12.3 Å². The lowest BCUT2D eigenvalue weighted by molar-refractivity contribution is 0.102. The minimum atomic E-state index is -0.330. The van der Waals surface area contributed by atoms with Crippen LogP contribution in [0.25, 0.3) is 5.65 Å². The van der Waals surface area contributed by atoms with Gasteiger partial charge >= 0.3 is 0 Å². The Morgan fingerprint density at radius 3 is 2.97 bits per heavy atom. The predicted molar refractivity (Wildman–Crippen MR) is 109 cm³/mol. The van der Waals surface area contributed by atoms with Gasteiger partial charge in [0.05, 0.1) is 17.4 Å². The molecule has 29 heavy (non-hydrogen) atoms. The number of nitriles is 1. The maximum Gasteiger partial charge on any atom is 0.261 e. The highest BCUT2D eigenvalue weighted by molar-refractivity contribution is 6.08. The molecule has 1 aromatic carbocycles. The third-order valence-corrected chi connectivity index (χ3v) is 5.76. The molecule has 2 N–H and O–H groups in total. The fraction of sp³-hybridized carbons (Fsp3) is 0.333. The number of amides is 1. The number of hydrogen-bond donors (Lipinski definition) is 2. The Balaban J connectivity index is 1.45. The molecule has 1 aliphatic heterocycles. The molecule has 3 heterocycles. The summed E-state index contributed by atoms with van der Waals surface area (Å²) in [5.74, 6) is 0.531. The van der Waals surface area contributed by atoms with Gasteiger partial charge in [0.2, 0.25) is 0 Å². The first kappa shape index (κ1) is 17.6. The number of nitrogens with one attached hydrogen (secondary N) is 2. The maximum atomic E-state index is 12.9. The Kier molecular flexibility index (Phi) is 4.18. The molecule has 1 saturated heterocycles. The molecule has 5 rings (SSSR count). The van der Waals surface area contributed by atoms with Crippen LogP contribution >= 0.6 is 0 Å². The summed E-state index contributed by atoms with van der Waals surface area (Å²) in [6.07, 6.45) is 5.85. The zero-order valence-corrected chi connectivity index (χ0v) is 15.9. The number of benzene rings is 1. The lowest BCUT2D eigenvalue weighted by Crippen LogP contribution is -2.31. The number of rotatable bonds is 3. The van der Waals surface area contributed by atoms with Crippen LogP contribution in [0.3, 0.4) is 0 Å². The van der Waals surface area contributed by atoms with Gasteiger partial charge in [-0.05, 0) is 31.0 Å². The smallest absolute Gasteiger partial charge is 0.261 e.